The Morgan fingerprint density at radius 3 is 1.77 bits per heavy atom. The maximum absolute atomic E-state index is 7.30. The molecule has 0 spiro atoms. The summed E-state index contributed by atoms with van der Waals surface area (Å²) in [4.78, 5) is 0. The zero-order chi connectivity index (χ0) is 22.2. The van der Waals surface area contributed by atoms with Crippen molar-refractivity contribution < 1.29 is 4.43 Å². The summed E-state index contributed by atoms with van der Waals surface area (Å²) in [6.45, 7) is 11.0. The molecule has 0 radical (unpaired) electrons. The number of hydrogen-bond donors (Lipinski definition) is 0. The SMILES string of the molecule is C=CC[C@H](CSCc1ccccc1)O[Si](c1ccccc1)(c1ccccc1)C(C)(C)C. The molecule has 1 atom stereocenters. The first-order valence-corrected chi connectivity index (χ1v) is 14.0. The quantitative estimate of drug-likeness (QED) is 0.262. The highest BCUT2D eigenvalue weighted by molar-refractivity contribution is 7.98. The van der Waals surface area contributed by atoms with Gasteiger partial charge >= 0.3 is 0 Å². The van der Waals surface area contributed by atoms with E-state index in [4.69, 9.17) is 4.43 Å². The molecular weight excluding hydrogens is 412 g/mol. The Kier molecular flexibility index (Phi) is 8.36. The van der Waals surface area contributed by atoms with E-state index in [-0.39, 0.29) is 11.1 Å². The van der Waals surface area contributed by atoms with Crippen LogP contribution >= 0.6 is 11.8 Å². The third-order valence-corrected chi connectivity index (χ3v) is 11.8. The number of benzene rings is 3. The molecule has 0 aliphatic heterocycles. The van der Waals surface area contributed by atoms with Crippen LogP contribution in [0.5, 0.6) is 0 Å². The van der Waals surface area contributed by atoms with E-state index in [0.29, 0.717) is 0 Å². The maximum Gasteiger partial charge on any atom is 0.261 e. The van der Waals surface area contributed by atoms with E-state index < -0.39 is 8.32 Å². The standard InChI is InChI=1S/C28H34OSSi/c1-5-15-25(23-30-22-24-16-9-6-10-17-24)29-31(28(2,3)4,26-18-11-7-12-19-26)27-20-13-8-14-21-27/h5-14,16-21,25H,1,15,22-23H2,2-4H3/t25-/m1/s1. The fourth-order valence-electron chi connectivity index (χ4n) is 4.16. The van der Waals surface area contributed by atoms with Crippen LogP contribution in [0.1, 0.15) is 32.8 Å². The Balaban J connectivity index is 1.94. The molecule has 0 saturated heterocycles. The summed E-state index contributed by atoms with van der Waals surface area (Å²) in [6.07, 6.45) is 2.98. The van der Waals surface area contributed by atoms with Gasteiger partial charge in [0.25, 0.3) is 8.32 Å². The van der Waals surface area contributed by atoms with Crippen molar-refractivity contribution in [2.24, 2.45) is 0 Å². The van der Waals surface area contributed by atoms with Crippen molar-refractivity contribution >= 4 is 30.5 Å². The number of thioether (sulfide) groups is 1. The van der Waals surface area contributed by atoms with E-state index >= 15 is 0 Å². The van der Waals surface area contributed by atoms with Crippen molar-refractivity contribution in [3.63, 3.8) is 0 Å². The lowest BCUT2D eigenvalue weighted by Crippen LogP contribution is -2.67. The first-order valence-electron chi connectivity index (χ1n) is 11.0. The van der Waals surface area contributed by atoms with Gasteiger partial charge in [-0.1, -0.05) is 118 Å². The minimum absolute atomic E-state index is 0.0147. The van der Waals surface area contributed by atoms with Gasteiger partial charge in [-0.25, -0.2) is 0 Å². The predicted molar refractivity (Wildman–Crippen MR) is 140 cm³/mol. The average molecular weight is 447 g/mol. The lowest BCUT2D eigenvalue weighted by Gasteiger charge is -2.45. The Morgan fingerprint density at radius 2 is 1.32 bits per heavy atom. The fraction of sp³-hybridized carbons (Fsp3) is 0.286. The Bertz CT molecular complexity index is 880. The average Bonchev–Trinajstić information content (AvgIpc) is 2.78. The second-order valence-corrected chi connectivity index (χ2v) is 14.2. The van der Waals surface area contributed by atoms with Crippen LogP contribution in [-0.4, -0.2) is 20.2 Å². The second kappa shape index (κ2) is 11.0. The summed E-state index contributed by atoms with van der Waals surface area (Å²) in [5.41, 5.74) is 1.36. The maximum atomic E-state index is 7.30. The Hall–Kier alpha value is -2.07. The summed E-state index contributed by atoms with van der Waals surface area (Å²) in [5.74, 6) is 1.95. The van der Waals surface area contributed by atoms with Crippen LogP contribution in [0, 0.1) is 0 Å². The molecule has 3 aromatic carbocycles. The van der Waals surface area contributed by atoms with Gasteiger partial charge in [0.05, 0.1) is 6.10 Å². The molecule has 0 aromatic heterocycles. The van der Waals surface area contributed by atoms with Crippen molar-refractivity contribution in [3.05, 3.63) is 109 Å². The summed E-state index contributed by atoms with van der Waals surface area (Å²) >= 11 is 1.95. The number of hydrogen-bond acceptors (Lipinski definition) is 2. The Labute approximate surface area is 193 Å². The predicted octanol–water partition coefficient (Wildman–Crippen LogP) is 6.44. The molecule has 162 valence electrons. The van der Waals surface area contributed by atoms with E-state index in [1.165, 1.54) is 15.9 Å². The van der Waals surface area contributed by atoms with Crippen LogP contribution in [0.3, 0.4) is 0 Å². The van der Waals surface area contributed by atoms with Crippen molar-refractivity contribution in [2.75, 3.05) is 5.75 Å². The zero-order valence-corrected chi connectivity index (χ0v) is 20.8. The van der Waals surface area contributed by atoms with Crippen LogP contribution in [0.15, 0.2) is 104 Å². The van der Waals surface area contributed by atoms with Gasteiger partial charge in [0.15, 0.2) is 0 Å². The molecule has 3 aromatic rings. The van der Waals surface area contributed by atoms with Gasteiger partial charge < -0.3 is 4.43 Å². The second-order valence-electron chi connectivity index (χ2n) is 8.93. The van der Waals surface area contributed by atoms with Crippen molar-refractivity contribution in [1.29, 1.82) is 0 Å². The molecule has 0 N–H and O–H groups in total. The minimum Gasteiger partial charge on any atom is -0.403 e. The first kappa shape index (κ1) is 23.6. The summed E-state index contributed by atoms with van der Waals surface area (Å²) in [6, 6.07) is 32.4. The highest BCUT2D eigenvalue weighted by Crippen LogP contribution is 2.38. The molecular formula is C28H34OSSi. The van der Waals surface area contributed by atoms with Crippen LogP contribution in [0.4, 0.5) is 0 Å². The van der Waals surface area contributed by atoms with Crippen LogP contribution in [0.25, 0.3) is 0 Å². The lowest BCUT2D eigenvalue weighted by molar-refractivity contribution is 0.214. The lowest BCUT2D eigenvalue weighted by atomic mass is 10.2. The van der Waals surface area contributed by atoms with Crippen LogP contribution in [0.2, 0.25) is 5.04 Å². The largest absolute Gasteiger partial charge is 0.403 e. The van der Waals surface area contributed by atoms with Gasteiger partial charge in [0.2, 0.25) is 0 Å². The topological polar surface area (TPSA) is 9.23 Å². The van der Waals surface area contributed by atoms with Crippen molar-refractivity contribution in [1.82, 2.24) is 0 Å². The smallest absolute Gasteiger partial charge is 0.261 e. The molecule has 0 bridgehead atoms. The van der Waals surface area contributed by atoms with Crippen molar-refractivity contribution in [2.45, 2.75) is 44.1 Å². The van der Waals surface area contributed by atoms with Crippen LogP contribution < -0.4 is 10.4 Å². The molecule has 0 heterocycles. The first-order chi connectivity index (χ1) is 15.0. The highest BCUT2D eigenvalue weighted by Gasteiger charge is 2.51. The minimum atomic E-state index is -2.54. The molecule has 0 saturated carbocycles. The van der Waals surface area contributed by atoms with Gasteiger partial charge in [-0.05, 0) is 27.4 Å². The molecule has 0 unspecified atom stereocenters. The van der Waals surface area contributed by atoms with E-state index in [2.05, 4.69) is 118 Å². The third-order valence-electron chi connectivity index (χ3n) is 5.61. The summed E-state index contributed by atoms with van der Waals surface area (Å²) in [7, 11) is -2.54. The van der Waals surface area contributed by atoms with E-state index in [9.17, 15) is 0 Å². The molecule has 0 aliphatic rings. The molecule has 0 fully saturated rings. The van der Waals surface area contributed by atoms with Gasteiger partial charge in [-0.15, -0.1) is 6.58 Å². The fourth-order valence-corrected chi connectivity index (χ4v) is 9.99. The van der Waals surface area contributed by atoms with E-state index in [0.717, 1.165) is 17.9 Å². The normalized spacial score (nSPS) is 13.0. The molecule has 3 rings (SSSR count). The van der Waals surface area contributed by atoms with Gasteiger partial charge in [-0.3, -0.25) is 0 Å². The summed E-state index contributed by atoms with van der Waals surface area (Å²) in [5, 5.41) is 2.64. The van der Waals surface area contributed by atoms with Gasteiger partial charge in [0, 0.05) is 11.5 Å². The molecule has 3 heteroatoms. The number of rotatable bonds is 10. The third kappa shape index (κ3) is 5.79. The highest BCUT2D eigenvalue weighted by atomic mass is 32.2. The monoisotopic (exact) mass is 446 g/mol. The molecule has 0 amide bonds. The van der Waals surface area contributed by atoms with Crippen molar-refractivity contribution in [3.8, 4) is 0 Å². The Morgan fingerprint density at radius 1 is 0.839 bits per heavy atom. The van der Waals surface area contributed by atoms with E-state index in [1.54, 1.807) is 0 Å². The molecule has 31 heavy (non-hydrogen) atoms. The van der Waals surface area contributed by atoms with E-state index in [1.807, 2.05) is 17.8 Å². The molecule has 0 aliphatic carbocycles. The molecule has 1 nitrogen and oxygen atoms in total. The summed E-state index contributed by atoms with van der Waals surface area (Å²) < 4.78 is 7.30. The zero-order valence-electron chi connectivity index (χ0n) is 19.0. The van der Waals surface area contributed by atoms with Crippen LogP contribution in [-0.2, 0) is 10.2 Å². The van der Waals surface area contributed by atoms with Gasteiger partial charge in [0.1, 0.15) is 0 Å². The van der Waals surface area contributed by atoms with Gasteiger partial charge in [-0.2, -0.15) is 11.8 Å².